The van der Waals surface area contributed by atoms with Gasteiger partial charge in [-0.1, -0.05) is 54.6 Å². The Morgan fingerprint density at radius 3 is 1.75 bits per heavy atom. The molecule has 3 nitrogen and oxygen atoms in total. The molecule has 0 atom stereocenters. The van der Waals surface area contributed by atoms with Gasteiger partial charge in [0.15, 0.2) is 0 Å². The summed E-state index contributed by atoms with van der Waals surface area (Å²) in [6.07, 6.45) is 0. The maximum atomic E-state index is 6.08. The van der Waals surface area contributed by atoms with E-state index in [9.17, 15) is 0 Å². The topological polar surface area (TPSA) is 31.6 Å². The highest BCUT2D eigenvalue weighted by atomic mass is 31.2. The van der Waals surface area contributed by atoms with E-state index in [1.54, 1.807) is 0 Å². The van der Waals surface area contributed by atoms with Crippen molar-refractivity contribution >= 4 is 24.8 Å². The van der Waals surface area contributed by atoms with E-state index in [1.807, 2.05) is 91.0 Å². The number of hydrogen-bond acceptors (Lipinski definition) is 3. The molecule has 0 amide bonds. The maximum Gasteiger partial charge on any atom is 0.364 e. The van der Waals surface area contributed by atoms with Crippen LogP contribution in [0, 0.1) is 0 Å². The maximum absolute atomic E-state index is 6.08. The molecule has 0 aliphatic carbocycles. The highest BCUT2D eigenvalue weighted by Gasteiger charge is 2.23. The van der Waals surface area contributed by atoms with Crippen molar-refractivity contribution in [2.45, 2.75) is 0 Å². The summed E-state index contributed by atoms with van der Waals surface area (Å²) < 4.78 is 18.1. The highest BCUT2D eigenvalue weighted by Crippen LogP contribution is 2.40. The van der Waals surface area contributed by atoms with Crippen molar-refractivity contribution in [3.63, 3.8) is 0 Å². The van der Waals surface area contributed by atoms with Crippen LogP contribution in [0.25, 0.3) is 11.0 Å². The SMILES string of the molecule is c1ccc(OP(Oc2ccccc2)c2cc3ccccc3o2)cc1. The molecule has 0 saturated heterocycles. The van der Waals surface area contributed by atoms with Gasteiger partial charge in [0.05, 0.1) is 0 Å². The van der Waals surface area contributed by atoms with E-state index < -0.39 is 8.38 Å². The van der Waals surface area contributed by atoms with Gasteiger partial charge in [-0.15, -0.1) is 0 Å². The summed E-state index contributed by atoms with van der Waals surface area (Å²) in [6, 6.07) is 29.2. The molecule has 4 rings (SSSR count). The summed E-state index contributed by atoms with van der Waals surface area (Å²) >= 11 is 0. The van der Waals surface area contributed by atoms with Crippen molar-refractivity contribution in [3.8, 4) is 11.5 Å². The van der Waals surface area contributed by atoms with Crippen LogP contribution in [0.2, 0.25) is 0 Å². The van der Waals surface area contributed by atoms with Crippen LogP contribution in [-0.2, 0) is 0 Å². The molecule has 4 aromatic rings. The zero-order chi connectivity index (χ0) is 16.2. The molecule has 24 heavy (non-hydrogen) atoms. The largest absolute Gasteiger partial charge is 0.449 e. The third kappa shape index (κ3) is 3.27. The fraction of sp³-hybridized carbons (Fsp3) is 0. The lowest BCUT2D eigenvalue weighted by Crippen LogP contribution is -2.07. The Balaban J connectivity index is 1.68. The summed E-state index contributed by atoms with van der Waals surface area (Å²) in [6.45, 7) is 0. The molecule has 1 aromatic heterocycles. The number of para-hydroxylation sites is 3. The molecule has 0 bridgehead atoms. The van der Waals surface area contributed by atoms with Crippen LogP contribution in [0.15, 0.2) is 95.4 Å². The lowest BCUT2D eigenvalue weighted by molar-refractivity contribution is 0.489. The minimum absolute atomic E-state index is 0.693. The zero-order valence-electron chi connectivity index (χ0n) is 12.8. The smallest absolute Gasteiger partial charge is 0.364 e. The van der Waals surface area contributed by atoms with Gasteiger partial charge in [0.25, 0.3) is 0 Å². The van der Waals surface area contributed by atoms with Gasteiger partial charge in [-0.25, -0.2) is 0 Å². The number of furan rings is 1. The first-order chi connectivity index (χ1) is 11.9. The standard InChI is InChI=1S/C20H15O3P/c1-3-10-17(11-4-1)22-24(23-18-12-5-2-6-13-18)20-15-16-9-7-8-14-19(16)21-20/h1-15H. The zero-order valence-corrected chi connectivity index (χ0v) is 13.7. The Labute approximate surface area is 141 Å². The molecule has 0 spiro atoms. The Hall–Kier alpha value is -2.77. The van der Waals surface area contributed by atoms with Gasteiger partial charge >= 0.3 is 8.38 Å². The number of fused-ring (bicyclic) bond motifs is 1. The summed E-state index contributed by atoms with van der Waals surface area (Å²) in [4.78, 5) is 0. The van der Waals surface area contributed by atoms with Gasteiger partial charge in [-0.05, 0) is 36.4 Å². The quantitative estimate of drug-likeness (QED) is 0.450. The second-order valence-electron chi connectivity index (χ2n) is 5.19. The molecule has 0 saturated carbocycles. The van der Waals surface area contributed by atoms with Gasteiger partial charge in [0.1, 0.15) is 17.1 Å². The summed E-state index contributed by atoms with van der Waals surface area (Å²) in [5.41, 5.74) is 1.52. The fourth-order valence-electron chi connectivity index (χ4n) is 2.32. The molecule has 0 N–H and O–H groups in total. The molecular formula is C20H15O3P. The average Bonchev–Trinajstić information content (AvgIpc) is 3.07. The third-order valence-electron chi connectivity index (χ3n) is 3.46. The molecule has 1 heterocycles. The Morgan fingerprint density at radius 1 is 0.625 bits per heavy atom. The predicted molar refractivity (Wildman–Crippen MR) is 96.9 cm³/mol. The predicted octanol–water partition coefficient (Wildman–Crippen LogP) is 5.53. The van der Waals surface area contributed by atoms with E-state index in [-0.39, 0.29) is 0 Å². The van der Waals surface area contributed by atoms with Crippen LogP contribution in [0.1, 0.15) is 0 Å². The fourth-order valence-corrected chi connectivity index (χ4v) is 3.58. The number of hydrogen-bond donors (Lipinski definition) is 0. The second kappa shape index (κ2) is 6.77. The van der Waals surface area contributed by atoms with E-state index in [4.69, 9.17) is 13.5 Å². The van der Waals surface area contributed by atoms with Gasteiger partial charge in [-0.3, -0.25) is 0 Å². The normalized spacial score (nSPS) is 10.9. The minimum atomic E-state index is -1.42. The van der Waals surface area contributed by atoms with E-state index in [2.05, 4.69) is 0 Å². The molecule has 0 radical (unpaired) electrons. The van der Waals surface area contributed by atoms with E-state index >= 15 is 0 Å². The van der Waals surface area contributed by atoms with E-state index in [0.29, 0.717) is 5.50 Å². The molecule has 0 fully saturated rings. The molecule has 4 heteroatoms. The monoisotopic (exact) mass is 334 g/mol. The van der Waals surface area contributed by atoms with Gasteiger partial charge < -0.3 is 13.5 Å². The van der Waals surface area contributed by atoms with Crippen molar-refractivity contribution in [3.05, 3.63) is 91.0 Å². The van der Waals surface area contributed by atoms with Crippen LogP contribution in [0.3, 0.4) is 0 Å². The lowest BCUT2D eigenvalue weighted by atomic mass is 10.3. The third-order valence-corrected chi connectivity index (χ3v) is 4.79. The molecule has 0 unspecified atom stereocenters. The molecule has 3 aromatic carbocycles. The van der Waals surface area contributed by atoms with Crippen molar-refractivity contribution < 1.29 is 13.5 Å². The van der Waals surface area contributed by atoms with Crippen molar-refractivity contribution in [1.82, 2.24) is 0 Å². The Bertz CT molecular complexity index is 845. The highest BCUT2D eigenvalue weighted by molar-refractivity contribution is 7.56. The van der Waals surface area contributed by atoms with Crippen LogP contribution >= 0.6 is 8.38 Å². The second-order valence-corrected chi connectivity index (χ2v) is 6.51. The van der Waals surface area contributed by atoms with Gasteiger partial charge in [0.2, 0.25) is 5.50 Å². The van der Waals surface area contributed by atoms with E-state index in [0.717, 1.165) is 22.5 Å². The minimum Gasteiger partial charge on any atom is -0.449 e. The van der Waals surface area contributed by atoms with Crippen molar-refractivity contribution in [2.24, 2.45) is 0 Å². The number of benzene rings is 3. The van der Waals surface area contributed by atoms with Crippen molar-refractivity contribution in [2.75, 3.05) is 0 Å². The first-order valence-electron chi connectivity index (χ1n) is 7.63. The number of rotatable bonds is 5. The first kappa shape index (κ1) is 14.8. The van der Waals surface area contributed by atoms with Gasteiger partial charge in [-0.2, -0.15) is 0 Å². The van der Waals surface area contributed by atoms with Crippen LogP contribution in [-0.4, -0.2) is 0 Å². The molecule has 118 valence electrons. The lowest BCUT2D eigenvalue weighted by Gasteiger charge is -2.16. The van der Waals surface area contributed by atoms with Crippen LogP contribution in [0.4, 0.5) is 0 Å². The van der Waals surface area contributed by atoms with Gasteiger partial charge in [0, 0.05) is 5.39 Å². The summed E-state index contributed by atoms with van der Waals surface area (Å²) in [5.74, 6) is 1.50. The Kier molecular flexibility index (Phi) is 4.18. The van der Waals surface area contributed by atoms with Crippen LogP contribution in [0.5, 0.6) is 11.5 Å². The summed E-state index contributed by atoms with van der Waals surface area (Å²) in [5, 5.41) is 1.04. The average molecular weight is 334 g/mol. The van der Waals surface area contributed by atoms with Crippen molar-refractivity contribution in [1.29, 1.82) is 0 Å². The summed E-state index contributed by atoms with van der Waals surface area (Å²) in [7, 11) is -1.42. The van der Waals surface area contributed by atoms with Crippen LogP contribution < -0.4 is 14.5 Å². The molecule has 0 aliphatic heterocycles. The first-order valence-corrected chi connectivity index (χ1v) is 8.81. The Morgan fingerprint density at radius 2 is 1.17 bits per heavy atom. The molecular weight excluding hydrogens is 319 g/mol. The molecule has 0 aliphatic rings. The van der Waals surface area contributed by atoms with E-state index in [1.165, 1.54) is 0 Å².